The Morgan fingerprint density at radius 1 is 1.19 bits per heavy atom. The largest absolute Gasteiger partial charge is 0.373 e. The minimum absolute atomic E-state index is 0.0757. The van der Waals surface area contributed by atoms with Crippen molar-refractivity contribution in [2.24, 2.45) is 0 Å². The van der Waals surface area contributed by atoms with Crippen molar-refractivity contribution in [3.8, 4) is 0 Å². The van der Waals surface area contributed by atoms with Crippen LogP contribution in [-0.4, -0.2) is 42.6 Å². The van der Waals surface area contributed by atoms with E-state index in [1.54, 1.807) is 0 Å². The van der Waals surface area contributed by atoms with E-state index in [9.17, 15) is 4.79 Å². The summed E-state index contributed by atoms with van der Waals surface area (Å²) in [7, 11) is 0. The zero-order valence-electron chi connectivity index (χ0n) is 13.5. The van der Waals surface area contributed by atoms with Gasteiger partial charge in [-0.2, -0.15) is 0 Å². The lowest BCUT2D eigenvalue weighted by Crippen LogP contribution is -2.46. The molecule has 4 heteroatoms. The first kappa shape index (κ1) is 16.0. The number of amides is 1. The van der Waals surface area contributed by atoms with Crippen LogP contribution < -0.4 is 5.32 Å². The average molecular weight is 290 g/mol. The Morgan fingerprint density at radius 3 is 2.33 bits per heavy atom. The predicted octanol–water partition coefficient (Wildman–Crippen LogP) is 2.74. The maximum atomic E-state index is 12.1. The molecule has 1 amide bonds. The molecule has 1 aromatic rings. The average Bonchev–Trinajstić information content (AvgIpc) is 2.34. The van der Waals surface area contributed by atoms with E-state index >= 15 is 0 Å². The summed E-state index contributed by atoms with van der Waals surface area (Å²) in [5.74, 6) is 0.0757. The van der Waals surface area contributed by atoms with E-state index in [4.69, 9.17) is 4.74 Å². The minimum Gasteiger partial charge on any atom is -0.373 e. The maximum Gasteiger partial charge on any atom is 0.225 e. The molecule has 1 fully saturated rings. The van der Waals surface area contributed by atoms with E-state index in [1.165, 1.54) is 11.1 Å². The summed E-state index contributed by atoms with van der Waals surface area (Å²) < 4.78 is 5.70. The molecule has 0 aliphatic carbocycles. The molecule has 1 N–H and O–H groups in total. The minimum atomic E-state index is 0.0757. The molecule has 0 unspecified atom stereocenters. The van der Waals surface area contributed by atoms with Gasteiger partial charge in [-0.3, -0.25) is 9.69 Å². The topological polar surface area (TPSA) is 41.6 Å². The number of carbonyl (C=O) groups excluding carboxylic acids is 1. The summed E-state index contributed by atoms with van der Waals surface area (Å²) >= 11 is 0. The first-order valence-electron chi connectivity index (χ1n) is 7.68. The van der Waals surface area contributed by atoms with Crippen LogP contribution in [0.3, 0.4) is 0 Å². The molecule has 1 heterocycles. The standard InChI is InChI=1S/C17H26N2O2/c1-12-7-13(2)9-16(8-12)18-17(20)5-6-19-10-14(3)21-15(4)11-19/h7-9,14-15H,5-6,10-11H2,1-4H3,(H,18,20)/t14-,15+. The van der Waals surface area contributed by atoms with Gasteiger partial charge in [0.25, 0.3) is 0 Å². The summed E-state index contributed by atoms with van der Waals surface area (Å²) in [6.07, 6.45) is 1.01. The second kappa shape index (κ2) is 7.05. The Kier molecular flexibility index (Phi) is 5.37. The number of benzene rings is 1. The predicted molar refractivity (Wildman–Crippen MR) is 85.6 cm³/mol. The van der Waals surface area contributed by atoms with Gasteiger partial charge < -0.3 is 10.1 Å². The number of anilines is 1. The van der Waals surface area contributed by atoms with Gasteiger partial charge in [0, 0.05) is 31.7 Å². The number of hydrogen-bond donors (Lipinski definition) is 1. The molecule has 0 bridgehead atoms. The van der Waals surface area contributed by atoms with Crippen molar-refractivity contribution in [3.05, 3.63) is 29.3 Å². The fourth-order valence-electron chi connectivity index (χ4n) is 3.00. The normalized spacial score (nSPS) is 23.0. The number of morpholine rings is 1. The van der Waals surface area contributed by atoms with Gasteiger partial charge in [-0.15, -0.1) is 0 Å². The second-order valence-corrected chi connectivity index (χ2v) is 6.19. The first-order valence-corrected chi connectivity index (χ1v) is 7.68. The monoisotopic (exact) mass is 290 g/mol. The maximum absolute atomic E-state index is 12.1. The van der Waals surface area contributed by atoms with Crippen LogP contribution in [0.5, 0.6) is 0 Å². The van der Waals surface area contributed by atoms with Crippen molar-refractivity contribution < 1.29 is 9.53 Å². The van der Waals surface area contributed by atoms with Crippen molar-refractivity contribution in [3.63, 3.8) is 0 Å². The second-order valence-electron chi connectivity index (χ2n) is 6.19. The molecule has 1 aliphatic heterocycles. The summed E-state index contributed by atoms with van der Waals surface area (Å²) in [5, 5.41) is 2.99. The quantitative estimate of drug-likeness (QED) is 0.927. The van der Waals surface area contributed by atoms with Crippen molar-refractivity contribution >= 4 is 11.6 Å². The molecular weight excluding hydrogens is 264 g/mol. The zero-order valence-corrected chi connectivity index (χ0v) is 13.5. The third-order valence-electron chi connectivity index (χ3n) is 3.66. The van der Waals surface area contributed by atoms with Crippen molar-refractivity contribution in [1.82, 2.24) is 4.90 Å². The highest BCUT2D eigenvalue weighted by Gasteiger charge is 2.22. The summed E-state index contributed by atoms with van der Waals surface area (Å²) in [5.41, 5.74) is 3.23. The van der Waals surface area contributed by atoms with Gasteiger partial charge in [-0.25, -0.2) is 0 Å². The Bertz CT molecular complexity index is 471. The highest BCUT2D eigenvalue weighted by Crippen LogP contribution is 2.15. The van der Waals surface area contributed by atoms with E-state index in [-0.39, 0.29) is 18.1 Å². The lowest BCUT2D eigenvalue weighted by Gasteiger charge is -2.35. The van der Waals surface area contributed by atoms with Gasteiger partial charge in [-0.05, 0) is 51.0 Å². The van der Waals surface area contributed by atoms with Crippen LogP contribution in [0.1, 0.15) is 31.4 Å². The van der Waals surface area contributed by atoms with E-state index in [2.05, 4.69) is 30.1 Å². The molecule has 1 aliphatic rings. The lowest BCUT2D eigenvalue weighted by atomic mass is 10.1. The summed E-state index contributed by atoms with van der Waals surface area (Å²) in [6, 6.07) is 6.11. The zero-order chi connectivity index (χ0) is 15.4. The Hall–Kier alpha value is -1.39. The molecular formula is C17H26N2O2. The number of nitrogens with one attached hydrogen (secondary N) is 1. The number of carbonyl (C=O) groups is 1. The van der Waals surface area contributed by atoms with Crippen LogP contribution in [0, 0.1) is 13.8 Å². The molecule has 116 valence electrons. The van der Waals surface area contributed by atoms with Crippen LogP contribution in [-0.2, 0) is 9.53 Å². The molecule has 1 saturated heterocycles. The van der Waals surface area contributed by atoms with Gasteiger partial charge in [0.05, 0.1) is 12.2 Å². The molecule has 2 rings (SSSR count). The number of aryl methyl sites for hydroxylation is 2. The number of rotatable bonds is 4. The van der Waals surface area contributed by atoms with Crippen molar-refractivity contribution in [2.45, 2.75) is 46.3 Å². The Morgan fingerprint density at radius 2 is 1.76 bits per heavy atom. The molecule has 0 aromatic heterocycles. The Labute approximate surface area is 127 Å². The van der Waals surface area contributed by atoms with Crippen LogP contribution in [0.4, 0.5) is 5.69 Å². The van der Waals surface area contributed by atoms with Crippen LogP contribution in [0.2, 0.25) is 0 Å². The van der Waals surface area contributed by atoms with E-state index in [1.807, 2.05) is 26.0 Å². The van der Waals surface area contributed by atoms with Gasteiger partial charge in [0.15, 0.2) is 0 Å². The first-order chi connectivity index (χ1) is 9.92. The number of nitrogens with zero attached hydrogens (tertiary/aromatic N) is 1. The number of hydrogen-bond acceptors (Lipinski definition) is 3. The highest BCUT2D eigenvalue weighted by molar-refractivity contribution is 5.91. The molecule has 4 nitrogen and oxygen atoms in total. The van der Waals surface area contributed by atoms with Gasteiger partial charge >= 0.3 is 0 Å². The molecule has 21 heavy (non-hydrogen) atoms. The van der Waals surface area contributed by atoms with E-state index in [0.29, 0.717) is 6.42 Å². The third-order valence-corrected chi connectivity index (χ3v) is 3.66. The number of ether oxygens (including phenoxy) is 1. The fourth-order valence-corrected chi connectivity index (χ4v) is 3.00. The molecule has 0 spiro atoms. The van der Waals surface area contributed by atoms with Gasteiger partial charge in [0.1, 0.15) is 0 Å². The summed E-state index contributed by atoms with van der Waals surface area (Å²) in [6.45, 7) is 10.8. The molecule has 2 atom stereocenters. The van der Waals surface area contributed by atoms with Gasteiger partial charge in [0.2, 0.25) is 5.91 Å². The summed E-state index contributed by atoms with van der Waals surface area (Å²) in [4.78, 5) is 14.4. The SMILES string of the molecule is Cc1cc(C)cc(NC(=O)CCN2C[C@@H](C)O[C@@H](C)C2)c1. The smallest absolute Gasteiger partial charge is 0.225 e. The fraction of sp³-hybridized carbons (Fsp3) is 0.588. The lowest BCUT2D eigenvalue weighted by molar-refractivity contribution is -0.117. The third kappa shape index (κ3) is 5.14. The molecule has 0 saturated carbocycles. The highest BCUT2D eigenvalue weighted by atomic mass is 16.5. The molecule has 0 radical (unpaired) electrons. The van der Waals surface area contributed by atoms with E-state index in [0.717, 1.165) is 25.3 Å². The van der Waals surface area contributed by atoms with E-state index < -0.39 is 0 Å². The van der Waals surface area contributed by atoms with Crippen LogP contribution in [0.15, 0.2) is 18.2 Å². The van der Waals surface area contributed by atoms with Gasteiger partial charge in [-0.1, -0.05) is 6.07 Å². The van der Waals surface area contributed by atoms with Crippen LogP contribution >= 0.6 is 0 Å². The molecule has 1 aromatic carbocycles. The Balaban J connectivity index is 1.82. The van der Waals surface area contributed by atoms with Crippen LogP contribution in [0.25, 0.3) is 0 Å². The van der Waals surface area contributed by atoms with Crippen molar-refractivity contribution in [2.75, 3.05) is 25.0 Å². The van der Waals surface area contributed by atoms with Crippen molar-refractivity contribution in [1.29, 1.82) is 0 Å².